The number of hydrogen-bond donors (Lipinski definition) is 2. The zero-order valence-corrected chi connectivity index (χ0v) is 14.9. The highest BCUT2D eigenvalue weighted by molar-refractivity contribution is 6.04. The molecule has 136 valence electrons. The fourth-order valence-electron chi connectivity index (χ4n) is 2.56. The second-order valence-corrected chi connectivity index (χ2v) is 6.18. The topological polar surface area (TPSA) is 92.0 Å². The molecule has 0 spiro atoms. The Kier molecular flexibility index (Phi) is 5.15. The van der Waals surface area contributed by atoms with Crippen LogP contribution in [0.2, 0.25) is 0 Å². The Labute approximate surface area is 151 Å². The number of hydrazine groups is 1. The molecule has 2 N–H and O–H groups in total. The molecule has 0 radical (unpaired) electrons. The fourth-order valence-corrected chi connectivity index (χ4v) is 2.56. The highest BCUT2D eigenvalue weighted by Crippen LogP contribution is 2.30. The van der Waals surface area contributed by atoms with Crippen LogP contribution in [0.25, 0.3) is 16.6 Å². The quantitative estimate of drug-likeness (QED) is 0.649. The van der Waals surface area contributed by atoms with Gasteiger partial charge in [0.2, 0.25) is 0 Å². The molecule has 3 rings (SSSR count). The SMILES string of the molecule is CC(O)COc1cc(-c2cccnc2)c2c(C(=O)NN(C)C)cnn2c1. The van der Waals surface area contributed by atoms with Crippen LogP contribution in [0.3, 0.4) is 0 Å². The van der Waals surface area contributed by atoms with Crippen LogP contribution in [-0.2, 0) is 0 Å². The highest BCUT2D eigenvalue weighted by Gasteiger charge is 2.19. The lowest BCUT2D eigenvalue weighted by Gasteiger charge is -2.14. The number of ether oxygens (including phenoxy) is 1. The van der Waals surface area contributed by atoms with Gasteiger partial charge in [0.05, 0.1) is 29.6 Å². The molecule has 0 aliphatic heterocycles. The molecule has 1 atom stereocenters. The largest absolute Gasteiger partial charge is 0.489 e. The lowest BCUT2D eigenvalue weighted by Crippen LogP contribution is -2.36. The van der Waals surface area contributed by atoms with Crippen molar-refractivity contribution in [2.24, 2.45) is 0 Å². The van der Waals surface area contributed by atoms with E-state index < -0.39 is 6.10 Å². The molecule has 0 aliphatic rings. The van der Waals surface area contributed by atoms with Crippen LogP contribution in [0.15, 0.2) is 43.0 Å². The van der Waals surface area contributed by atoms with Gasteiger partial charge in [0.25, 0.3) is 5.91 Å². The average Bonchev–Trinajstić information content (AvgIpc) is 3.03. The lowest BCUT2D eigenvalue weighted by atomic mass is 10.0. The summed E-state index contributed by atoms with van der Waals surface area (Å²) in [5, 5.41) is 15.3. The molecule has 0 aliphatic carbocycles. The Hall–Kier alpha value is -2.97. The molecule has 26 heavy (non-hydrogen) atoms. The predicted molar refractivity (Wildman–Crippen MR) is 96.8 cm³/mol. The number of aliphatic hydroxyl groups is 1. The van der Waals surface area contributed by atoms with E-state index in [1.807, 2.05) is 18.2 Å². The van der Waals surface area contributed by atoms with Crippen LogP contribution in [0.1, 0.15) is 17.3 Å². The maximum absolute atomic E-state index is 12.5. The minimum Gasteiger partial charge on any atom is -0.489 e. The van der Waals surface area contributed by atoms with Crippen LogP contribution >= 0.6 is 0 Å². The zero-order chi connectivity index (χ0) is 18.7. The molecular formula is C18H21N5O3. The van der Waals surface area contributed by atoms with Crippen molar-refractivity contribution in [1.82, 2.24) is 25.0 Å². The van der Waals surface area contributed by atoms with Crippen LogP contribution in [0.5, 0.6) is 5.75 Å². The summed E-state index contributed by atoms with van der Waals surface area (Å²) in [6, 6.07) is 5.55. The summed E-state index contributed by atoms with van der Waals surface area (Å²) < 4.78 is 7.23. The van der Waals surface area contributed by atoms with Gasteiger partial charge < -0.3 is 9.84 Å². The summed E-state index contributed by atoms with van der Waals surface area (Å²) in [6.07, 6.45) is 6.02. The number of hydrogen-bond acceptors (Lipinski definition) is 6. The summed E-state index contributed by atoms with van der Waals surface area (Å²) in [5.74, 6) is 0.285. The van der Waals surface area contributed by atoms with E-state index in [-0.39, 0.29) is 12.5 Å². The van der Waals surface area contributed by atoms with Crippen LogP contribution in [0.4, 0.5) is 0 Å². The Bertz CT molecular complexity index is 906. The van der Waals surface area contributed by atoms with E-state index >= 15 is 0 Å². The predicted octanol–water partition coefficient (Wildman–Crippen LogP) is 1.36. The van der Waals surface area contributed by atoms with E-state index in [4.69, 9.17) is 4.74 Å². The van der Waals surface area contributed by atoms with E-state index in [2.05, 4.69) is 15.5 Å². The molecule has 3 aromatic rings. The molecular weight excluding hydrogens is 334 g/mol. The first-order chi connectivity index (χ1) is 12.5. The molecule has 3 heterocycles. The average molecular weight is 355 g/mol. The molecule has 1 amide bonds. The van der Waals surface area contributed by atoms with Gasteiger partial charge in [-0.3, -0.25) is 15.2 Å². The van der Waals surface area contributed by atoms with Crippen molar-refractivity contribution in [2.75, 3.05) is 20.7 Å². The monoisotopic (exact) mass is 355 g/mol. The van der Waals surface area contributed by atoms with Gasteiger partial charge in [0.15, 0.2) is 0 Å². The number of nitrogens with one attached hydrogen (secondary N) is 1. The molecule has 3 aromatic heterocycles. The summed E-state index contributed by atoms with van der Waals surface area (Å²) in [5.41, 5.74) is 5.43. The van der Waals surface area contributed by atoms with Crippen LogP contribution < -0.4 is 10.2 Å². The summed E-state index contributed by atoms with van der Waals surface area (Å²) in [6.45, 7) is 1.81. The van der Waals surface area contributed by atoms with E-state index in [1.54, 1.807) is 49.1 Å². The third kappa shape index (κ3) is 3.81. The molecule has 8 heteroatoms. The van der Waals surface area contributed by atoms with Crippen molar-refractivity contribution in [3.63, 3.8) is 0 Å². The fraction of sp³-hybridized carbons (Fsp3) is 0.278. The number of fused-ring (bicyclic) bond motifs is 1. The van der Waals surface area contributed by atoms with E-state index in [0.29, 0.717) is 16.8 Å². The lowest BCUT2D eigenvalue weighted by molar-refractivity contribution is 0.0858. The normalized spacial score (nSPS) is 12.3. The van der Waals surface area contributed by atoms with Crippen molar-refractivity contribution in [3.05, 3.63) is 48.5 Å². The van der Waals surface area contributed by atoms with Gasteiger partial charge in [-0.25, -0.2) is 9.52 Å². The van der Waals surface area contributed by atoms with Crippen molar-refractivity contribution in [1.29, 1.82) is 0 Å². The molecule has 0 bridgehead atoms. The standard InChI is InChI=1S/C18H21N5O3/c1-12(24)11-26-14-7-15(13-5-4-6-19-8-13)17-16(9-20-23(17)10-14)18(25)21-22(2)3/h4-10,12,24H,11H2,1-3H3,(H,21,25). The van der Waals surface area contributed by atoms with Crippen molar-refractivity contribution < 1.29 is 14.6 Å². The van der Waals surface area contributed by atoms with Crippen LogP contribution in [0, 0.1) is 0 Å². The third-order valence-electron chi connectivity index (χ3n) is 3.62. The van der Waals surface area contributed by atoms with Crippen molar-refractivity contribution in [2.45, 2.75) is 13.0 Å². The molecule has 0 saturated carbocycles. The maximum atomic E-state index is 12.5. The molecule has 1 unspecified atom stereocenters. The molecule has 0 saturated heterocycles. The number of carbonyl (C=O) groups is 1. The minimum absolute atomic E-state index is 0.160. The molecule has 8 nitrogen and oxygen atoms in total. The van der Waals surface area contributed by atoms with E-state index in [0.717, 1.165) is 11.1 Å². The van der Waals surface area contributed by atoms with Gasteiger partial charge in [0.1, 0.15) is 12.4 Å². The smallest absolute Gasteiger partial charge is 0.269 e. The van der Waals surface area contributed by atoms with Crippen LogP contribution in [-0.4, -0.2) is 57.4 Å². The number of nitrogens with zero attached hydrogens (tertiary/aromatic N) is 4. The van der Waals surface area contributed by atoms with Gasteiger partial charge in [-0.2, -0.15) is 5.10 Å². The molecule has 0 fully saturated rings. The maximum Gasteiger partial charge on any atom is 0.269 e. The first kappa shape index (κ1) is 17.8. The Morgan fingerprint density at radius 3 is 2.88 bits per heavy atom. The van der Waals surface area contributed by atoms with E-state index in [1.165, 1.54) is 6.20 Å². The van der Waals surface area contributed by atoms with Gasteiger partial charge in [-0.05, 0) is 19.1 Å². The van der Waals surface area contributed by atoms with Gasteiger partial charge in [0, 0.05) is 37.6 Å². The Balaban J connectivity index is 2.14. The van der Waals surface area contributed by atoms with E-state index in [9.17, 15) is 9.90 Å². The first-order valence-electron chi connectivity index (χ1n) is 8.16. The summed E-state index contributed by atoms with van der Waals surface area (Å²) in [4.78, 5) is 16.7. The number of aromatic nitrogens is 3. The first-order valence-corrected chi connectivity index (χ1v) is 8.16. The zero-order valence-electron chi connectivity index (χ0n) is 14.9. The number of rotatable bonds is 6. The van der Waals surface area contributed by atoms with Crippen molar-refractivity contribution in [3.8, 4) is 16.9 Å². The Morgan fingerprint density at radius 1 is 1.42 bits per heavy atom. The van der Waals surface area contributed by atoms with Gasteiger partial charge in [-0.1, -0.05) is 6.07 Å². The van der Waals surface area contributed by atoms with Gasteiger partial charge in [-0.15, -0.1) is 0 Å². The third-order valence-corrected chi connectivity index (χ3v) is 3.62. The van der Waals surface area contributed by atoms with Crippen molar-refractivity contribution >= 4 is 11.4 Å². The number of carbonyl (C=O) groups excluding carboxylic acids is 1. The van der Waals surface area contributed by atoms with Gasteiger partial charge >= 0.3 is 0 Å². The Morgan fingerprint density at radius 2 is 2.23 bits per heavy atom. The summed E-state index contributed by atoms with van der Waals surface area (Å²) >= 11 is 0. The summed E-state index contributed by atoms with van der Waals surface area (Å²) in [7, 11) is 3.49. The number of aliphatic hydroxyl groups excluding tert-OH is 1. The highest BCUT2D eigenvalue weighted by atomic mass is 16.5. The second-order valence-electron chi connectivity index (χ2n) is 6.18. The molecule has 0 aromatic carbocycles. The number of amides is 1. The number of pyridine rings is 2. The second kappa shape index (κ2) is 7.51. The minimum atomic E-state index is -0.591.